The van der Waals surface area contributed by atoms with E-state index in [0.29, 0.717) is 5.03 Å². The van der Waals surface area contributed by atoms with Gasteiger partial charge in [0.25, 0.3) is 5.69 Å². The molecule has 0 saturated carbocycles. The maximum absolute atomic E-state index is 12.5. The van der Waals surface area contributed by atoms with Crippen molar-refractivity contribution in [1.29, 1.82) is 0 Å². The molecule has 0 saturated heterocycles. The molecular formula is C15H15ClN2O6. The fourth-order valence-corrected chi connectivity index (χ4v) is 2.79. The molecule has 0 aromatic heterocycles. The number of carboxylic acid groups (broad SMARTS) is 1. The summed E-state index contributed by atoms with van der Waals surface area (Å²) in [6, 6.07) is 3.76. The zero-order chi connectivity index (χ0) is 17.9. The minimum atomic E-state index is -1.10. The highest BCUT2D eigenvalue weighted by Gasteiger charge is 2.36. The van der Waals surface area contributed by atoms with Gasteiger partial charge < -0.3 is 15.2 Å². The standard InChI is InChI=1S/C15H15ClN2O6/c1-24-13-5-3-9(18(22)23)7-12(13)17-14(19)11-6-8(16)2-4-10(11)15(20)21/h2-3,5,7,10-11H,4,6H2,1H3,(H,17,19)(H,20,21)/t10-,11+/m0/s1. The van der Waals surface area contributed by atoms with Crippen LogP contribution in [-0.2, 0) is 9.59 Å². The first-order chi connectivity index (χ1) is 11.3. The molecule has 128 valence electrons. The fourth-order valence-electron chi connectivity index (χ4n) is 2.54. The van der Waals surface area contributed by atoms with Crippen LogP contribution in [0.15, 0.2) is 29.3 Å². The number of non-ortho nitro benzene ring substituents is 1. The molecule has 1 amide bonds. The maximum Gasteiger partial charge on any atom is 0.307 e. The first-order valence-corrected chi connectivity index (χ1v) is 7.42. The van der Waals surface area contributed by atoms with Crippen LogP contribution in [0.4, 0.5) is 11.4 Å². The molecule has 2 N–H and O–H groups in total. The van der Waals surface area contributed by atoms with E-state index in [2.05, 4.69) is 5.32 Å². The van der Waals surface area contributed by atoms with Gasteiger partial charge in [-0.3, -0.25) is 19.7 Å². The molecule has 0 spiro atoms. The van der Waals surface area contributed by atoms with Gasteiger partial charge in [-0.15, -0.1) is 0 Å². The Morgan fingerprint density at radius 1 is 1.42 bits per heavy atom. The molecular weight excluding hydrogens is 340 g/mol. The summed E-state index contributed by atoms with van der Waals surface area (Å²) in [5.41, 5.74) is -0.117. The van der Waals surface area contributed by atoms with Crippen LogP contribution in [0.1, 0.15) is 12.8 Å². The molecule has 1 aromatic carbocycles. The van der Waals surface area contributed by atoms with Gasteiger partial charge in [0, 0.05) is 17.2 Å². The lowest BCUT2D eigenvalue weighted by Gasteiger charge is -2.26. The molecule has 1 aliphatic rings. The molecule has 2 rings (SSSR count). The Bertz CT molecular complexity index is 718. The second kappa shape index (κ2) is 7.31. The summed E-state index contributed by atoms with van der Waals surface area (Å²) in [6.45, 7) is 0. The average Bonchev–Trinajstić information content (AvgIpc) is 2.54. The molecule has 9 heteroatoms. The lowest BCUT2D eigenvalue weighted by Crippen LogP contribution is -2.35. The molecule has 2 atom stereocenters. The lowest BCUT2D eigenvalue weighted by atomic mass is 9.82. The van der Waals surface area contributed by atoms with Crippen molar-refractivity contribution in [2.75, 3.05) is 12.4 Å². The number of carbonyl (C=O) groups is 2. The lowest BCUT2D eigenvalue weighted by molar-refractivity contribution is -0.384. The van der Waals surface area contributed by atoms with Gasteiger partial charge in [0.1, 0.15) is 5.75 Å². The number of hydrogen-bond donors (Lipinski definition) is 2. The minimum absolute atomic E-state index is 0.0988. The first kappa shape index (κ1) is 17.7. The van der Waals surface area contributed by atoms with Gasteiger partial charge in [-0.05, 0) is 18.9 Å². The molecule has 0 fully saturated rings. The number of aliphatic carboxylic acids is 1. The van der Waals surface area contributed by atoms with Gasteiger partial charge in [-0.2, -0.15) is 0 Å². The van der Waals surface area contributed by atoms with E-state index in [1.165, 1.54) is 19.2 Å². The van der Waals surface area contributed by atoms with Gasteiger partial charge in [0.05, 0.1) is 29.6 Å². The highest BCUT2D eigenvalue weighted by atomic mass is 35.5. The Balaban J connectivity index is 2.27. The summed E-state index contributed by atoms with van der Waals surface area (Å²) in [7, 11) is 1.36. The third-order valence-corrected chi connectivity index (χ3v) is 4.11. The van der Waals surface area contributed by atoms with Crippen molar-refractivity contribution < 1.29 is 24.4 Å². The van der Waals surface area contributed by atoms with E-state index in [1.54, 1.807) is 6.08 Å². The van der Waals surface area contributed by atoms with E-state index in [-0.39, 0.29) is 30.0 Å². The largest absolute Gasteiger partial charge is 0.495 e. The number of nitro benzene ring substituents is 1. The molecule has 1 aliphatic carbocycles. The summed E-state index contributed by atoms with van der Waals surface area (Å²) in [5.74, 6) is -3.21. The number of amides is 1. The van der Waals surface area contributed by atoms with Crippen LogP contribution in [0, 0.1) is 22.0 Å². The summed E-state index contributed by atoms with van der Waals surface area (Å²) in [5, 5.41) is 23.1. The van der Waals surface area contributed by atoms with Crippen LogP contribution in [0.3, 0.4) is 0 Å². The number of halogens is 1. The number of nitrogens with one attached hydrogen (secondary N) is 1. The van der Waals surface area contributed by atoms with Crippen LogP contribution in [0.25, 0.3) is 0 Å². The second-order valence-electron chi connectivity index (χ2n) is 5.27. The van der Waals surface area contributed by atoms with Crippen molar-refractivity contribution in [3.63, 3.8) is 0 Å². The summed E-state index contributed by atoms with van der Waals surface area (Å²) < 4.78 is 5.07. The predicted octanol–water partition coefficient (Wildman–Crippen LogP) is 2.78. The molecule has 1 aromatic rings. The zero-order valence-electron chi connectivity index (χ0n) is 12.7. The van der Waals surface area contributed by atoms with Crippen LogP contribution < -0.4 is 10.1 Å². The van der Waals surface area contributed by atoms with Crippen molar-refractivity contribution in [3.05, 3.63) is 39.4 Å². The van der Waals surface area contributed by atoms with Crippen LogP contribution in [0.5, 0.6) is 5.75 Å². The molecule has 24 heavy (non-hydrogen) atoms. The summed E-state index contributed by atoms with van der Waals surface area (Å²) >= 11 is 5.93. The Kier molecular flexibility index (Phi) is 5.40. The van der Waals surface area contributed by atoms with Gasteiger partial charge >= 0.3 is 5.97 Å². The van der Waals surface area contributed by atoms with Crippen LogP contribution in [0.2, 0.25) is 0 Å². The number of methoxy groups -OCH3 is 1. The summed E-state index contributed by atoms with van der Waals surface area (Å²) in [4.78, 5) is 34.1. The monoisotopic (exact) mass is 354 g/mol. The van der Waals surface area contributed by atoms with Gasteiger partial charge in [-0.1, -0.05) is 17.7 Å². The Morgan fingerprint density at radius 3 is 2.71 bits per heavy atom. The van der Waals surface area contributed by atoms with Gasteiger partial charge in [-0.25, -0.2) is 0 Å². The zero-order valence-corrected chi connectivity index (χ0v) is 13.4. The molecule has 0 heterocycles. The van der Waals surface area contributed by atoms with Crippen molar-refractivity contribution in [3.8, 4) is 5.75 Å². The average molecular weight is 355 g/mol. The minimum Gasteiger partial charge on any atom is -0.495 e. The van der Waals surface area contributed by atoms with Gasteiger partial charge in [0.2, 0.25) is 5.91 Å². The number of allylic oxidation sites excluding steroid dienone is 2. The maximum atomic E-state index is 12.5. The number of carboxylic acids is 1. The highest BCUT2D eigenvalue weighted by Crippen LogP contribution is 2.34. The van der Waals surface area contributed by atoms with E-state index in [9.17, 15) is 24.8 Å². The molecule has 8 nitrogen and oxygen atoms in total. The Hall–Kier alpha value is -2.61. The molecule has 0 unspecified atom stereocenters. The second-order valence-corrected chi connectivity index (χ2v) is 5.76. The third kappa shape index (κ3) is 3.83. The normalized spacial score (nSPS) is 20.0. The van der Waals surface area contributed by atoms with E-state index in [1.807, 2.05) is 0 Å². The number of anilines is 1. The number of nitrogens with zero attached hydrogens (tertiary/aromatic N) is 1. The highest BCUT2D eigenvalue weighted by molar-refractivity contribution is 6.29. The van der Waals surface area contributed by atoms with E-state index in [4.69, 9.17) is 16.3 Å². The smallest absolute Gasteiger partial charge is 0.307 e. The van der Waals surface area contributed by atoms with Crippen molar-refractivity contribution in [2.45, 2.75) is 12.8 Å². The Morgan fingerprint density at radius 2 is 2.12 bits per heavy atom. The topological polar surface area (TPSA) is 119 Å². The van der Waals surface area contributed by atoms with Crippen molar-refractivity contribution >= 4 is 34.9 Å². The third-order valence-electron chi connectivity index (χ3n) is 3.80. The molecule has 0 bridgehead atoms. The molecule has 0 radical (unpaired) electrons. The quantitative estimate of drug-likeness (QED) is 0.619. The van der Waals surface area contributed by atoms with Crippen molar-refractivity contribution in [1.82, 2.24) is 0 Å². The van der Waals surface area contributed by atoms with Crippen LogP contribution >= 0.6 is 11.6 Å². The van der Waals surface area contributed by atoms with Crippen molar-refractivity contribution in [2.24, 2.45) is 11.8 Å². The van der Waals surface area contributed by atoms with Crippen LogP contribution in [-0.4, -0.2) is 29.0 Å². The van der Waals surface area contributed by atoms with E-state index >= 15 is 0 Å². The number of nitro groups is 1. The molecule has 0 aliphatic heterocycles. The Labute approximate surface area is 142 Å². The SMILES string of the molecule is COc1ccc([N+](=O)[O-])cc1NC(=O)[C@@H]1CC(Cl)=CC[C@@H]1C(=O)O. The van der Waals surface area contributed by atoms with E-state index < -0.39 is 28.6 Å². The number of rotatable bonds is 5. The number of benzene rings is 1. The fraction of sp³-hybridized carbons (Fsp3) is 0.333. The number of carbonyl (C=O) groups excluding carboxylic acids is 1. The number of ether oxygens (including phenoxy) is 1. The van der Waals surface area contributed by atoms with Gasteiger partial charge in [0.15, 0.2) is 0 Å². The predicted molar refractivity (Wildman–Crippen MR) is 86.1 cm³/mol. The van der Waals surface area contributed by atoms with E-state index in [0.717, 1.165) is 6.07 Å². The number of hydrogen-bond acceptors (Lipinski definition) is 5. The first-order valence-electron chi connectivity index (χ1n) is 7.04. The summed E-state index contributed by atoms with van der Waals surface area (Å²) in [6.07, 6.45) is 1.83.